The molecule has 0 saturated heterocycles. The van der Waals surface area contributed by atoms with Crippen LogP contribution in [-0.2, 0) is 0 Å². The van der Waals surface area contributed by atoms with E-state index in [0.29, 0.717) is 22.6 Å². The number of nitrogen functional groups attached to an aromatic ring is 1. The van der Waals surface area contributed by atoms with Crippen molar-refractivity contribution in [3.8, 4) is 0 Å². The molecule has 2 aromatic rings. The molecule has 2 rings (SSSR count). The van der Waals surface area contributed by atoms with Crippen molar-refractivity contribution in [1.29, 1.82) is 0 Å². The Morgan fingerprint density at radius 3 is 2.43 bits per heavy atom. The van der Waals surface area contributed by atoms with Gasteiger partial charge in [-0.3, -0.25) is 4.79 Å². The SMILES string of the molecule is CN(C)C(=O)c1ccc(N)c(Nc2ccc(F)c(F)c2)c1. The van der Waals surface area contributed by atoms with E-state index in [4.69, 9.17) is 5.73 Å². The molecule has 4 nitrogen and oxygen atoms in total. The van der Waals surface area contributed by atoms with Crippen molar-refractivity contribution in [3.63, 3.8) is 0 Å². The van der Waals surface area contributed by atoms with Gasteiger partial charge in [-0.1, -0.05) is 0 Å². The van der Waals surface area contributed by atoms with Crippen LogP contribution in [0.5, 0.6) is 0 Å². The number of nitrogens with two attached hydrogens (primary N) is 1. The fraction of sp³-hybridized carbons (Fsp3) is 0.133. The highest BCUT2D eigenvalue weighted by Gasteiger charge is 2.11. The Labute approximate surface area is 121 Å². The lowest BCUT2D eigenvalue weighted by Gasteiger charge is -2.14. The van der Waals surface area contributed by atoms with E-state index in [2.05, 4.69) is 5.32 Å². The van der Waals surface area contributed by atoms with Gasteiger partial charge in [0.25, 0.3) is 5.91 Å². The molecule has 1 amide bonds. The minimum atomic E-state index is -0.959. The van der Waals surface area contributed by atoms with Crippen LogP contribution in [0, 0.1) is 11.6 Å². The van der Waals surface area contributed by atoms with Crippen LogP contribution in [0.3, 0.4) is 0 Å². The molecule has 6 heteroatoms. The third kappa shape index (κ3) is 3.28. The third-order valence-electron chi connectivity index (χ3n) is 2.91. The zero-order valence-electron chi connectivity index (χ0n) is 11.7. The first-order chi connectivity index (χ1) is 9.88. The maximum Gasteiger partial charge on any atom is 0.253 e. The Hall–Kier alpha value is -2.63. The highest BCUT2D eigenvalue weighted by molar-refractivity contribution is 5.96. The van der Waals surface area contributed by atoms with Gasteiger partial charge in [0.2, 0.25) is 0 Å². The van der Waals surface area contributed by atoms with Gasteiger partial charge < -0.3 is 16.0 Å². The Morgan fingerprint density at radius 1 is 1.10 bits per heavy atom. The van der Waals surface area contributed by atoms with Crippen LogP contribution in [0.1, 0.15) is 10.4 Å². The molecule has 0 aliphatic heterocycles. The molecule has 0 aromatic heterocycles. The van der Waals surface area contributed by atoms with Crippen LogP contribution in [-0.4, -0.2) is 24.9 Å². The number of nitrogens with one attached hydrogen (secondary N) is 1. The number of carbonyl (C=O) groups is 1. The number of hydrogen-bond acceptors (Lipinski definition) is 3. The Kier molecular flexibility index (Phi) is 4.07. The summed E-state index contributed by atoms with van der Waals surface area (Å²) in [6.45, 7) is 0. The largest absolute Gasteiger partial charge is 0.397 e. The summed E-state index contributed by atoms with van der Waals surface area (Å²) in [6, 6.07) is 8.18. The molecular formula is C15H15F2N3O. The van der Waals surface area contributed by atoms with Gasteiger partial charge in [0.05, 0.1) is 11.4 Å². The first-order valence-electron chi connectivity index (χ1n) is 6.21. The summed E-state index contributed by atoms with van der Waals surface area (Å²) in [5.41, 5.74) is 7.46. The van der Waals surface area contributed by atoms with E-state index in [0.717, 1.165) is 12.1 Å². The number of benzene rings is 2. The molecule has 2 aromatic carbocycles. The molecule has 0 fully saturated rings. The molecule has 3 N–H and O–H groups in total. The van der Waals surface area contributed by atoms with Gasteiger partial charge in [-0.2, -0.15) is 0 Å². The van der Waals surface area contributed by atoms with Crippen LogP contribution < -0.4 is 11.1 Å². The maximum atomic E-state index is 13.2. The first kappa shape index (κ1) is 14.8. The quantitative estimate of drug-likeness (QED) is 0.855. The van der Waals surface area contributed by atoms with E-state index in [1.165, 1.54) is 11.0 Å². The standard InChI is InChI=1S/C15H15F2N3O/c1-20(2)15(21)9-3-6-13(18)14(7-9)19-10-4-5-11(16)12(17)8-10/h3-8,19H,18H2,1-2H3. The summed E-state index contributed by atoms with van der Waals surface area (Å²) in [5.74, 6) is -2.06. The smallest absolute Gasteiger partial charge is 0.253 e. The van der Waals surface area contributed by atoms with E-state index >= 15 is 0 Å². The predicted octanol–water partition coefficient (Wildman–Crippen LogP) is 2.99. The molecule has 0 bridgehead atoms. The number of amides is 1. The number of carbonyl (C=O) groups excluding carboxylic acids is 1. The van der Waals surface area contributed by atoms with Gasteiger partial charge in [-0.15, -0.1) is 0 Å². The summed E-state index contributed by atoms with van der Waals surface area (Å²) >= 11 is 0. The minimum absolute atomic E-state index is 0.177. The molecule has 110 valence electrons. The van der Waals surface area contributed by atoms with Crippen LogP contribution in [0.4, 0.5) is 25.8 Å². The van der Waals surface area contributed by atoms with E-state index < -0.39 is 11.6 Å². The van der Waals surface area contributed by atoms with E-state index in [1.54, 1.807) is 32.3 Å². The Balaban J connectivity index is 2.32. The van der Waals surface area contributed by atoms with Crippen molar-refractivity contribution >= 4 is 23.0 Å². The lowest BCUT2D eigenvalue weighted by molar-refractivity contribution is 0.0827. The zero-order chi connectivity index (χ0) is 15.6. The highest BCUT2D eigenvalue weighted by Crippen LogP contribution is 2.25. The lowest BCUT2D eigenvalue weighted by atomic mass is 10.1. The first-order valence-corrected chi connectivity index (χ1v) is 6.21. The third-order valence-corrected chi connectivity index (χ3v) is 2.91. The number of rotatable bonds is 3. The molecule has 0 atom stereocenters. The van der Waals surface area contributed by atoms with Crippen molar-refractivity contribution in [2.24, 2.45) is 0 Å². The van der Waals surface area contributed by atoms with E-state index in [1.807, 2.05) is 0 Å². The summed E-state index contributed by atoms with van der Waals surface area (Å²) in [5, 5.41) is 2.87. The second-order valence-electron chi connectivity index (χ2n) is 4.76. The fourth-order valence-corrected chi connectivity index (χ4v) is 1.79. The number of anilines is 3. The average molecular weight is 291 g/mol. The lowest BCUT2D eigenvalue weighted by Crippen LogP contribution is -2.21. The monoisotopic (exact) mass is 291 g/mol. The Morgan fingerprint density at radius 2 is 1.81 bits per heavy atom. The number of nitrogens with zero attached hydrogens (tertiary/aromatic N) is 1. The normalized spacial score (nSPS) is 10.3. The molecule has 0 radical (unpaired) electrons. The van der Waals surface area contributed by atoms with Gasteiger partial charge in [-0.05, 0) is 30.3 Å². The zero-order valence-corrected chi connectivity index (χ0v) is 11.7. The molecule has 0 spiro atoms. The van der Waals surface area contributed by atoms with Crippen molar-refractivity contribution in [1.82, 2.24) is 4.90 Å². The van der Waals surface area contributed by atoms with Gasteiger partial charge in [0.1, 0.15) is 0 Å². The Bertz CT molecular complexity index is 687. The number of hydrogen-bond donors (Lipinski definition) is 2. The van der Waals surface area contributed by atoms with E-state index in [9.17, 15) is 13.6 Å². The summed E-state index contributed by atoms with van der Waals surface area (Å²) in [4.78, 5) is 13.3. The van der Waals surface area contributed by atoms with E-state index in [-0.39, 0.29) is 5.91 Å². The number of halogens is 2. The molecule has 0 aliphatic carbocycles. The maximum absolute atomic E-state index is 13.2. The van der Waals surface area contributed by atoms with Gasteiger partial charge in [-0.25, -0.2) is 8.78 Å². The summed E-state index contributed by atoms with van der Waals surface area (Å²) in [6.07, 6.45) is 0. The van der Waals surface area contributed by atoms with Crippen LogP contribution in [0.25, 0.3) is 0 Å². The van der Waals surface area contributed by atoms with Crippen molar-refractivity contribution in [2.45, 2.75) is 0 Å². The van der Waals surface area contributed by atoms with Gasteiger partial charge in [0, 0.05) is 31.4 Å². The van der Waals surface area contributed by atoms with Crippen molar-refractivity contribution in [2.75, 3.05) is 25.1 Å². The van der Waals surface area contributed by atoms with Crippen molar-refractivity contribution < 1.29 is 13.6 Å². The summed E-state index contributed by atoms with van der Waals surface area (Å²) < 4.78 is 26.1. The van der Waals surface area contributed by atoms with Crippen LogP contribution >= 0.6 is 0 Å². The predicted molar refractivity (Wildman–Crippen MR) is 78.5 cm³/mol. The molecule has 0 heterocycles. The van der Waals surface area contributed by atoms with Crippen LogP contribution in [0.2, 0.25) is 0 Å². The highest BCUT2D eigenvalue weighted by atomic mass is 19.2. The van der Waals surface area contributed by atoms with Crippen LogP contribution in [0.15, 0.2) is 36.4 Å². The molecule has 0 saturated carbocycles. The van der Waals surface area contributed by atoms with Crippen molar-refractivity contribution in [3.05, 3.63) is 53.6 Å². The molecular weight excluding hydrogens is 276 g/mol. The average Bonchev–Trinajstić information content (AvgIpc) is 2.44. The molecule has 0 aliphatic rings. The second kappa shape index (κ2) is 5.78. The van der Waals surface area contributed by atoms with Gasteiger partial charge >= 0.3 is 0 Å². The molecule has 21 heavy (non-hydrogen) atoms. The van der Waals surface area contributed by atoms with Gasteiger partial charge in [0.15, 0.2) is 11.6 Å². The minimum Gasteiger partial charge on any atom is -0.397 e. The molecule has 0 unspecified atom stereocenters. The fourth-order valence-electron chi connectivity index (χ4n) is 1.79. The summed E-state index contributed by atoms with van der Waals surface area (Å²) in [7, 11) is 3.28. The second-order valence-corrected chi connectivity index (χ2v) is 4.76. The topological polar surface area (TPSA) is 58.4 Å².